The molecule has 2 unspecified atom stereocenters. The third kappa shape index (κ3) is 3.36. The first-order valence-electron chi connectivity index (χ1n) is 6.34. The van der Waals surface area contributed by atoms with Gasteiger partial charge in [0.25, 0.3) is 0 Å². The number of hydrogen-bond acceptors (Lipinski definition) is 5. The summed E-state index contributed by atoms with van der Waals surface area (Å²) in [7, 11) is 0. The summed E-state index contributed by atoms with van der Waals surface area (Å²) in [4.78, 5) is 17.4. The fourth-order valence-corrected chi connectivity index (χ4v) is 2.34. The zero-order valence-corrected chi connectivity index (χ0v) is 11.5. The van der Waals surface area contributed by atoms with E-state index in [2.05, 4.69) is 4.98 Å². The highest BCUT2D eigenvalue weighted by molar-refractivity contribution is 6.32. The van der Waals surface area contributed by atoms with E-state index in [4.69, 9.17) is 16.3 Å². The molecule has 2 heterocycles. The van der Waals surface area contributed by atoms with E-state index in [1.807, 2.05) is 4.90 Å². The molecule has 2 rings (SSSR count). The van der Waals surface area contributed by atoms with E-state index in [0.717, 1.165) is 0 Å². The van der Waals surface area contributed by atoms with Gasteiger partial charge in [-0.15, -0.1) is 0 Å². The minimum absolute atomic E-state index is 0.284. The molecule has 0 radical (unpaired) electrons. The highest BCUT2D eigenvalue weighted by atomic mass is 35.5. The maximum absolute atomic E-state index is 11.3. The van der Waals surface area contributed by atoms with Crippen molar-refractivity contribution < 1.29 is 14.6 Å². The number of anilines is 1. The van der Waals surface area contributed by atoms with E-state index < -0.39 is 12.2 Å². The quantitative estimate of drug-likeness (QED) is 0.855. The average molecular weight is 285 g/mol. The molecule has 5 nitrogen and oxygen atoms in total. The molecule has 0 saturated carbocycles. The first-order chi connectivity index (χ1) is 9.11. The number of carbonyl (C=O) groups excluding carboxylic acids is 1. The largest absolute Gasteiger partial charge is 0.459 e. The standard InChI is InChI=1S/C13H17ClN2O3/c1-2-12(18)19-11-5-7-16(8-10(11)17)13-9(14)4-3-6-15-13/h3-4,6,10-11,17H,2,5,7-8H2,1H3. The van der Waals surface area contributed by atoms with Crippen LogP contribution in [0.3, 0.4) is 0 Å². The number of esters is 1. The second-order valence-corrected chi connectivity index (χ2v) is 4.90. The second kappa shape index (κ2) is 6.21. The van der Waals surface area contributed by atoms with Gasteiger partial charge in [0.05, 0.1) is 5.02 Å². The number of aliphatic hydroxyl groups excluding tert-OH is 1. The van der Waals surface area contributed by atoms with Crippen molar-refractivity contribution in [2.75, 3.05) is 18.0 Å². The maximum atomic E-state index is 11.3. The van der Waals surface area contributed by atoms with Crippen LogP contribution in [0.2, 0.25) is 5.02 Å². The summed E-state index contributed by atoms with van der Waals surface area (Å²) in [5.41, 5.74) is 0. The Hall–Kier alpha value is -1.33. The molecular weight excluding hydrogens is 268 g/mol. The van der Waals surface area contributed by atoms with Crippen LogP contribution in [0.1, 0.15) is 19.8 Å². The molecule has 0 aliphatic carbocycles. The molecule has 1 aromatic heterocycles. The van der Waals surface area contributed by atoms with Gasteiger partial charge in [-0.05, 0) is 12.1 Å². The van der Waals surface area contributed by atoms with Crippen LogP contribution in [0.4, 0.5) is 5.82 Å². The molecule has 1 aliphatic rings. The lowest BCUT2D eigenvalue weighted by molar-refractivity contribution is -0.155. The number of pyridine rings is 1. The monoisotopic (exact) mass is 284 g/mol. The third-order valence-corrected chi connectivity index (χ3v) is 3.43. The van der Waals surface area contributed by atoms with Crippen molar-refractivity contribution in [3.8, 4) is 0 Å². The van der Waals surface area contributed by atoms with Crippen LogP contribution in [0.5, 0.6) is 0 Å². The lowest BCUT2D eigenvalue weighted by atomic mass is 10.0. The Morgan fingerprint density at radius 1 is 1.68 bits per heavy atom. The molecule has 104 valence electrons. The lowest BCUT2D eigenvalue weighted by Crippen LogP contribution is -2.48. The number of ether oxygens (including phenoxy) is 1. The Bertz CT molecular complexity index is 455. The lowest BCUT2D eigenvalue weighted by Gasteiger charge is -2.36. The topological polar surface area (TPSA) is 62.7 Å². The van der Waals surface area contributed by atoms with E-state index in [0.29, 0.717) is 36.8 Å². The fourth-order valence-electron chi connectivity index (χ4n) is 2.10. The molecule has 2 atom stereocenters. The number of carbonyl (C=O) groups is 1. The van der Waals surface area contributed by atoms with Crippen molar-refractivity contribution >= 4 is 23.4 Å². The summed E-state index contributed by atoms with van der Waals surface area (Å²) in [6.07, 6.45) is 1.39. The molecule has 1 aromatic rings. The minimum Gasteiger partial charge on any atom is -0.459 e. The zero-order chi connectivity index (χ0) is 13.8. The third-order valence-electron chi connectivity index (χ3n) is 3.13. The van der Waals surface area contributed by atoms with E-state index in [1.54, 1.807) is 25.3 Å². The minimum atomic E-state index is -0.720. The number of hydrogen-bond donors (Lipinski definition) is 1. The van der Waals surface area contributed by atoms with Gasteiger partial charge in [0, 0.05) is 32.1 Å². The van der Waals surface area contributed by atoms with Crippen LogP contribution in [-0.4, -0.2) is 41.4 Å². The van der Waals surface area contributed by atoms with Gasteiger partial charge in [-0.1, -0.05) is 18.5 Å². The molecule has 19 heavy (non-hydrogen) atoms. The summed E-state index contributed by atoms with van der Waals surface area (Å²) in [6.45, 7) is 2.74. The number of rotatable bonds is 3. The molecule has 0 aromatic carbocycles. The van der Waals surface area contributed by atoms with Crippen molar-refractivity contribution in [3.63, 3.8) is 0 Å². The summed E-state index contributed by atoms with van der Waals surface area (Å²) in [5, 5.41) is 10.6. The van der Waals surface area contributed by atoms with E-state index >= 15 is 0 Å². The van der Waals surface area contributed by atoms with Crippen molar-refractivity contribution in [1.82, 2.24) is 4.98 Å². The molecule has 0 spiro atoms. The first kappa shape index (κ1) is 14.1. The zero-order valence-electron chi connectivity index (χ0n) is 10.8. The van der Waals surface area contributed by atoms with Crippen LogP contribution in [0, 0.1) is 0 Å². The van der Waals surface area contributed by atoms with E-state index in [1.165, 1.54) is 0 Å². The molecule has 0 amide bonds. The Labute approximate surface area is 117 Å². The molecule has 1 saturated heterocycles. The molecule has 6 heteroatoms. The molecule has 1 fully saturated rings. The summed E-state index contributed by atoms with van der Waals surface area (Å²) in [5.74, 6) is 0.372. The average Bonchev–Trinajstić information content (AvgIpc) is 2.41. The number of aliphatic hydroxyl groups is 1. The highest BCUT2D eigenvalue weighted by Gasteiger charge is 2.31. The van der Waals surface area contributed by atoms with Gasteiger partial charge in [-0.2, -0.15) is 0 Å². The molecule has 1 aliphatic heterocycles. The van der Waals surface area contributed by atoms with Gasteiger partial charge in [0.15, 0.2) is 0 Å². The van der Waals surface area contributed by atoms with Crippen LogP contribution < -0.4 is 4.90 Å². The summed E-state index contributed by atoms with van der Waals surface area (Å²) >= 11 is 6.08. The van der Waals surface area contributed by atoms with Gasteiger partial charge < -0.3 is 14.7 Å². The Morgan fingerprint density at radius 2 is 2.47 bits per heavy atom. The van der Waals surface area contributed by atoms with Gasteiger partial charge in [0.1, 0.15) is 18.0 Å². The molecule has 0 bridgehead atoms. The smallest absolute Gasteiger partial charge is 0.305 e. The number of aromatic nitrogens is 1. The van der Waals surface area contributed by atoms with Crippen LogP contribution in [0.25, 0.3) is 0 Å². The van der Waals surface area contributed by atoms with Crippen molar-refractivity contribution in [3.05, 3.63) is 23.4 Å². The molecule has 1 N–H and O–H groups in total. The molecular formula is C13H17ClN2O3. The van der Waals surface area contributed by atoms with Gasteiger partial charge in [-0.3, -0.25) is 4.79 Å². The van der Waals surface area contributed by atoms with E-state index in [9.17, 15) is 9.90 Å². The van der Waals surface area contributed by atoms with Crippen LogP contribution in [-0.2, 0) is 9.53 Å². The van der Waals surface area contributed by atoms with Crippen molar-refractivity contribution in [2.45, 2.75) is 32.0 Å². The summed E-state index contributed by atoms with van der Waals surface area (Å²) < 4.78 is 5.20. The highest BCUT2D eigenvalue weighted by Crippen LogP contribution is 2.26. The van der Waals surface area contributed by atoms with Gasteiger partial charge in [0.2, 0.25) is 0 Å². The predicted molar refractivity (Wildman–Crippen MR) is 72.3 cm³/mol. The van der Waals surface area contributed by atoms with Gasteiger partial charge >= 0.3 is 5.97 Å². The Morgan fingerprint density at radius 3 is 3.11 bits per heavy atom. The fraction of sp³-hybridized carbons (Fsp3) is 0.538. The maximum Gasteiger partial charge on any atom is 0.305 e. The van der Waals surface area contributed by atoms with Crippen LogP contribution >= 0.6 is 11.6 Å². The van der Waals surface area contributed by atoms with E-state index in [-0.39, 0.29) is 5.97 Å². The van der Waals surface area contributed by atoms with Crippen molar-refractivity contribution in [1.29, 1.82) is 0 Å². The van der Waals surface area contributed by atoms with Crippen molar-refractivity contribution in [2.24, 2.45) is 0 Å². The first-order valence-corrected chi connectivity index (χ1v) is 6.72. The number of β-amino-alcohol motifs (C(OH)–C–C–N with tert-alkyl or cyclic N) is 1. The predicted octanol–water partition coefficient (Wildman–Crippen LogP) is 1.63. The normalized spacial score (nSPS) is 23.2. The Kier molecular flexibility index (Phi) is 4.61. The SMILES string of the molecule is CCC(=O)OC1CCN(c2ncccc2Cl)CC1O. The Balaban J connectivity index is 2.00. The number of nitrogens with zero attached hydrogens (tertiary/aromatic N) is 2. The van der Waals surface area contributed by atoms with Gasteiger partial charge in [-0.25, -0.2) is 4.98 Å². The second-order valence-electron chi connectivity index (χ2n) is 4.49. The number of halogens is 1. The number of piperidine rings is 1. The summed E-state index contributed by atoms with van der Waals surface area (Å²) in [6, 6.07) is 3.53. The van der Waals surface area contributed by atoms with Crippen LogP contribution in [0.15, 0.2) is 18.3 Å².